The van der Waals surface area contributed by atoms with E-state index in [-0.39, 0.29) is 5.91 Å². The van der Waals surface area contributed by atoms with E-state index in [9.17, 15) is 4.79 Å². The van der Waals surface area contributed by atoms with E-state index in [1.165, 1.54) is 0 Å². The van der Waals surface area contributed by atoms with Crippen molar-refractivity contribution in [1.29, 1.82) is 0 Å². The van der Waals surface area contributed by atoms with E-state index in [4.69, 9.17) is 0 Å². The van der Waals surface area contributed by atoms with Crippen molar-refractivity contribution in [1.82, 2.24) is 29.5 Å². The predicted octanol–water partition coefficient (Wildman–Crippen LogP) is 2.56. The molecule has 0 radical (unpaired) electrons. The van der Waals surface area contributed by atoms with Gasteiger partial charge < -0.3 is 5.32 Å². The lowest BCUT2D eigenvalue weighted by Crippen LogP contribution is -2.17. The predicted molar refractivity (Wildman–Crippen MR) is 98.4 cm³/mol. The Balaban J connectivity index is 1.88. The minimum absolute atomic E-state index is 0.127. The van der Waals surface area contributed by atoms with Gasteiger partial charge in [0.15, 0.2) is 5.65 Å². The van der Waals surface area contributed by atoms with Crippen LogP contribution in [0.5, 0.6) is 0 Å². The molecule has 4 rings (SSSR count). The zero-order chi connectivity index (χ0) is 18.3. The monoisotopic (exact) mass is 346 g/mol. The fourth-order valence-corrected chi connectivity index (χ4v) is 3.08. The van der Waals surface area contributed by atoms with Crippen molar-refractivity contribution in [3.8, 4) is 17.1 Å². The van der Waals surface area contributed by atoms with E-state index in [2.05, 4.69) is 20.4 Å². The van der Waals surface area contributed by atoms with Crippen LogP contribution in [0.2, 0.25) is 0 Å². The molecular formula is C19H18N6O. The number of rotatable bonds is 3. The Morgan fingerprint density at radius 1 is 1.19 bits per heavy atom. The molecule has 7 heteroatoms. The molecule has 0 aliphatic heterocycles. The Hall–Kier alpha value is -3.48. The summed E-state index contributed by atoms with van der Waals surface area (Å²) in [6.07, 6.45) is 5.37. The highest BCUT2D eigenvalue weighted by Crippen LogP contribution is 2.26. The molecule has 0 bridgehead atoms. The minimum Gasteiger partial charge on any atom is -0.355 e. The third-order valence-corrected chi connectivity index (χ3v) is 4.27. The van der Waals surface area contributed by atoms with Crippen LogP contribution in [0.1, 0.15) is 21.7 Å². The van der Waals surface area contributed by atoms with Crippen LogP contribution in [0, 0.1) is 13.8 Å². The van der Waals surface area contributed by atoms with Crippen LogP contribution in [0.3, 0.4) is 0 Å². The highest BCUT2D eigenvalue weighted by Gasteiger charge is 2.16. The molecule has 0 aliphatic rings. The Kier molecular flexibility index (Phi) is 3.76. The van der Waals surface area contributed by atoms with Crippen molar-refractivity contribution in [3.05, 3.63) is 65.9 Å². The number of nitrogens with zero attached hydrogens (tertiary/aromatic N) is 5. The molecular weight excluding hydrogens is 328 g/mol. The topological polar surface area (TPSA) is 77.1 Å². The second kappa shape index (κ2) is 6.11. The van der Waals surface area contributed by atoms with Crippen LogP contribution < -0.4 is 5.32 Å². The highest BCUT2D eigenvalue weighted by atomic mass is 16.1. The Bertz CT molecular complexity index is 1120. The van der Waals surface area contributed by atoms with Gasteiger partial charge in [-0.15, -0.1) is 0 Å². The molecule has 130 valence electrons. The average Bonchev–Trinajstić information content (AvgIpc) is 3.27. The van der Waals surface area contributed by atoms with Gasteiger partial charge in [-0.25, -0.2) is 14.5 Å². The van der Waals surface area contributed by atoms with Crippen molar-refractivity contribution >= 4 is 11.6 Å². The van der Waals surface area contributed by atoms with Gasteiger partial charge in [0, 0.05) is 42.1 Å². The number of nitrogens with one attached hydrogen (secondary N) is 1. The summed E-state index contributed by atoms with van der Waals surface area (Å²) in [6, 6.07) is 9.39. The Morgan fingerprint density at radius 3 is 2.85 bits per heavy atom. The summed E-state index contributed by atoms with van der Waals surface area (Å²) in [6.45, 7) is 3.96. The number of benzene rings is 1. The quantitative estimate of drug-likeness (QED) is 0.618. The van der Waals surface area contributed by atoms with Crippen LogP contribution >= 0.6 is 0 Å². The average molecular weight is 346 g/mol. The maximum Gasteiger partial charge on any atom is 0.251 e. The third-order valence-electron chi connectivity index (χ3n) is 4.27. The fourth-order valence-electron chi connectivity index (χ4n) is 3.08. The number of aryl methyl sites for hydroxylation is 2. The largest absolute Gasteiger partial charge is 0.355 e. The number of amides is 1. The van der Waals surface area contributed by atoms with E-state index < -0.39 is 0 Å². The third kappa shape index (κ3) is 2.54. The minimum atomic E-state index is -0.127. The number of fused-ring (bicyclic) bond motifs is 1. The zero-order valence-electron chi connectivity index (χ0n) is 14.8. The Labute approximate surface area is 150 Å². The van der Waals surface area contributed by atoms with Crippen LogP contribution in [0.25, 0.3) is 22.7 Å². The first-order valence-corrected chi connectivity index (χ1v) is 8.26. The maximum absolute atomic E-state index is 11.9. The second-order valence-corrected chi connectivity index (χ2v) is 6.08. The molecule has 4 aromatic rings. The van der Waals surface area contributed by atoms with Gasteiger partial charge in [0.2, 0.25) is 0 Å². The molecule has 0 aliphatic carbocycles. The van der Waals surface area contributed by atoms with Crippen molar-refractivity contribution < 1.29 is 4.79 Å². The summed E-state index contributed by atoms with van der Waals surface area (Å²) in [5.41, 5.74) is 4.98. The number of carbonyl (C=O) groups excluding carboxylic acids is 1. The van der Waals surface area contributed by atoms with Gasteiger partial charge in [0.05, 0.1) is 11.8 Å². The Morgan fingerprint density at radius 2 is 2.04 bits per heavy atom. The highest BCUT2D eigenvalue weighted by molar-refractivity contribution is 5.94. The number of hydrogen-bond donors (Lipinski definition) is 1. The van der Waals surface area contributed by atoms with Crippen LogP contribution in [-0.4, -0.2) is 37.1 Å². The van der Waals surface area contributed by atoms with Gasteiger partial charge >= 0.3 is 0 Å². The molecule has 0 spiro atoms. The molecule has 1 N–H and O–H groups in total. The number of carbonyl (C=O) groups is 1. The molecule has 0 saturated carbocycles. The van der Waals surface area contributed by atoms with Gasteiger partial charge in [-0.1, -0.05) is 6.07 Å². The smallest absolute Gasteiger partial charge is 0.251 e. The standard InChI is InChI=1S/C19H18N6O/c1-12-9-13(2)25-18(23-12)16(11-22-25)17-21-7-8-24(17)15-6-4-5-14(10-15)19(26)20-3/h4-11H,1-3H3,(H,20,26). The lowest BCUT2D eigenvalue weighted by molar-refractivity contribution is 0.0963. The van der Waals surface area contributed by atoms with E-state index in [0.717, 1.165) is 34.1 Å². The SMILES string of the molecule is CNC(=O)c1cccc(-n2ccnc2-c2cnn3c(C)cc(C)nc23)c1. The van der Waals surface area contributed by atoms with E-state index in [1.807, 2.05) is 53.4 Å². The van der Waals surface area contributed by atoms with Gasteiger partial charge in [-0.05, 0) is 38.1 Å². The van der Waals surface area contributed by atoms with Gasteiger partial charge in [-0.2, -0.15) is 5.10 Å². The molecule has 7 nitrogen and oxygen atoms in total. The zero-order valence-corrected chi connectivity index (χ0v) is 14.8. The number of aromatic nitrogens is 5. The maximum atomic E-state index is 11.9. The van der Waals surface area contributed by atoms with Gasteiger partial charge in [0.1, 0.15) is 5.82 Å². The van der Waals surface area contributed by atoms with Crippen LogP contribution in [-0.2, 0) is 0 Å². The van der Waals surface area contributed by atoms with Crippen molar-refractivity contribution in [3.63, 3.8) is 0 Å². The first-order valence-electron chi connectivity index (χ1n) is 8.26. The summed E-state index contributed by atoms with van der Waals surface area (Å²) in [7, 11) is 1.62. The molecule has 26 heavy (non-hydrogen) atoms. The molecule has 0 unspecified atom stereocenters. The molecule has 3 heterocycles. The first kappa shape index (κ1) is 16.0. The molecule has 1 amide bonds. The number of hydrogen-bond acceptors (Lipinski definition) is 4. The van der Waals surface area contributed by atoms with E-state index >= 15 is 0 Å². The van der Waals surface area contributed by atoms with Gasteiger partial charge in [0.25, 0.3) is 5.91 Å². The lowest BCUT2D eigenvalue weighted by Gasteiger charge is -2.09. The van der Waals surface area contributed by atoms with Crippen molar-refractivity contribution in [2.45, 2.75) is 13.8 Å². The summed E-state index contributed by atoms with van der Waals surface area (Å²) >= 11 is 0. The second-order valence-electron chi connectivity index (χ2n) is 6.08. The van der Waals surface area contributed by atoms with Crippen LogP contribution in [0.15, 0.2) is 48.9 Å². The molecule has 0 fully saturated rings. The van der Waals surface area contributed by atoms with Crippen molar-refractivity contribution in [2.75, 3.05) is 7.05 Å². The van der Waals surface area contributed by atoms with E-state index in [0.29, 0.717) is 5.56 Å². The summed E-state index contributed by atoms with van der Waals surface area (Å²) in [5, 5.41) is 7.09. The molecule has 3 aromatic heterocycles. The molecule has 0 saturated heterocycles. The number of imidazole rings is 1. The van der Waals surface area contributed by atoms with Crippen molar-refractivity contribution in [2.24, 2.45) is 0 Å². The normalized spacial score (nSPS) is 11.0. The van der Waals surface area contributed by atoms with Gasteiger partial charge in [-0.3, -0.25) is 9.36 Å². The van der Waals surface area contributed by atoms with Crippen LogP contribution in [0.4, 0.5) is 0 Å². The summed E-state index contributed by atoms with van der Waals surface area (Å²) in [5.74, 6) is 0.601. The lowest BCUT2D eigenvalue weighted by atomic mass is 10.2. The first-order chi connectivity index (χ1) is 12.6. The van der Waals surface area contributed by atoms with E-state index in [1.54, 1.807) is 25.5 Å². The molecule has 1 aromatic carbocycles. The molecule has 0 atom stereocenters. The fraction of sp³-hybridized carbons (Fsp3) is 0.158. The summed E-state index contributed by atoms with van der Waals surface area (Å²) < 4.78 is 3.74. The summed E-state index contributed by atoms with van der Waals surface area (Å²) in [4.78, 5) is 21.1.